The van der Waals surface area contributed by atoms with Gasteiger partial charge in [-0.15, -0.1) is 0 Å². The lowest BCUT2D eigenvalue weighted by molar-refractivity contribution is -0.0978. The fourth-order valence-electron chi connectivity index (χ4n) is 2.03. The monoisotopic (exact) mass is 245 g/mol. The molecule has 1 saturated heterocycles. The van der Waals surface area contributed by atoms with Gasteiger partial charge in [0.1, 0.15) is 0 Å². The maximum Gasteiger partial charge on any atom is 0.251 e. The average molecular weight is 245 g/mol. The zero-order chi connectivity index (χ0) is 12.6. The number of rotatable bonds is 3. The van der Waals surface area contributed by atoms with Crippen molar-refractivity contribution >= 4 is 16.9 Å². The highest BCUT2D eigenvalue weighted by atomic mass is 16.5. The molecule has 1 aromatic heterocycles. The van der Waals surface area contributed by atoms with Gasteiger partial charge in [0.2, 0.25) is 0 Å². The van der Waals surface area contributed by atoms with Gasteiger partial charge in [-0.25, -0.2) is 4.98 Å². The summed E-state index contributed by atoms with van der Waals surface area (Å²) in [5.74, 6) is -0.0559. The van der Waals surface area contributed by atoms with Crippen LogP contribution in [0.25, 0.3) is 11.0 Å². The third-order valence-electron chi connectivity index (χ3n) is 3.26. The normalized spacial score (nSPS) is 17.4. The van der Waals surface area contributed by atoms with Crippen molar-refractivity contribution in [2.75, 3.05) is 19.8 Å². The number of amides is 1. The van der Waals surface area contributed by atoms with E-state index in [4.69, 9.17) is 4.74 Å². The molecule has 0 bridgehead atoms. The number of hydrogen-bond donors (Lipinski definition) is 2. The van der Waals surface area contributed by atoms with E-state index in [-0.39, 0.29) is 11.3 Å². The van der Waals surface area contributed by atoms with Crippen LogP contribution >= 0.6 is 0 Å². The quantitative estimate of drug-likeness (QED) is 0.857. The number of nitrogens with zero attached hydrogens (tertiary/aromatic N) is 1. The number of carbonyl (C=O) groups is 1. The number of aromatic amines is 1. The summed E-state index contributed by atoms with van der Waals surface area (Å²) in [6.45, 7) is 4.18. The summed E-state index contributed by atoms with van der Waals surface area (Å²) >= 11 is 0. The van der Waals surface area contributed by atoms with Crippen LogP contribution in [0, 0.1) is 5.41 Å². The summed E-state index contributed by atoms with van der Waals surface area (Å²) in [7, 11) is 0. The summed E-state index contributed by atoms with van der Waals surface area (Å²) in [5, 5.41) is 2.95. The van der Waals surface area contributed by atoms with E-state index in [0.717, 1.165) is 11.0 Å². The highest BCUT2D eigenvalue weighted by molar-refractivity contribution is 5.97. The smallest absolute Gasteiger partial charge is 0.251 e. The standard InChI is InChI=1S/C13H15N3O2/c1-13(6-18-7-13)5-14-12(17)9-2-3-10-11(4-9)16-8-15-10/h2-4,8H,5-7H2,1H3,(H,14,17)(H,15,16). The molecule has 0 atom stereocenters. The van der Waals surface area contributed by atoms with Crippen LogP contribution in [0.2, 0.25) is 0 Å². The first kappa shape index (κ1) is 11.2. The van der Waals surface area contributed by atoms with Crippen LogP contribution in [0.15, 0.2) is 24.5 Å². The predicted molar refractivity (Wildman–Crippen MR) is 67.4 cm³/mol. The largest absolute Gasteiger partial charge is 0.380 e. The number of hydrogen-bond acceptors (Lipinski definition) is 3. The van der Waals surface area contributed by atoms with E-state index in [1.165, 1.54) is 0 Å². The van der Waals surface area contributed by atoms with Crippen molar-refractivity contribution in [1.29, 1.82) is 0 Å². The molecule has 94 valence electrons. The van der Waals surface area contributed by atoms with Crippen molar-refractivity contribution in [3.63, 3.8) is 0 Å². The lowest BCUT2D eigenvalue weighted by Crippen LogP contribution is -2.48. The van der Waals surface area contributed by atoms with Crippen LogP contribution in [-0.2, 0) is 4.74 Å². The average Bonchev–Trinajstić information content (AvgIpc) is 2.80. The van der Waals surface area contributed by atoms with Crippen LogP contribution in [0.1, 0.15) is 17.3 Å². The van der Waals surface area contributed by atoms with E-state index in [1.54, 1.807) is 12.4 Å². The van der Waals surface area contributed by atoms with Crippen molar-refractivity contribution in [3.8, 4) is 0 Å². The molecular weight excluding hydrogens is 230 g/mol. The van der Waals surface area contributed by atoms with Crippen molar-refractivity contribution in [2.24, 2.45) is 5.41 Å². The lowest BCUT2D eigenvalue weighted by atomic mass is 9.88. The van der Waals surface area contributed by atoms with Gasteiger partial charge in [-0.2, -0.15) is 0 Å². The van der Waals surface area contributed by atoms with Gasteiger partial charge in [0.25, 0.3) is 5.91 Å². The minimum absolute atomic E-state index is 0.0559. The SMILES string of the molecule is CC1(CNC(=O)c2ccc3nc[nH]c3c2)COC1. The highest BCUT2D eigenvalue weighted by Gasteiger charge is 2.33. The molecule has 0 spiro atoms. The van der Waals surface area contributed by atoms with Crippen molar-refractivity contribution in [1.82, 2.24) is 15.3 Å². The number of ether oxygens (including phenoxy) is 1. The molecule has 1 aromatic carbocycles. The van der Waals surface area contributed by atoms with E-state index in [9.17, 15) is 4.79 Å². The predicted octanol–water partition coefficient (Wildman–Crippen LogP) is 1.33. The Hall–Kier alpha value is -1.88. The summed E-state index contributed by atoms with van der Waals surface area (Å²) in [5.41, 5.74) is 2.48. The lowest BCUT2D eigenvalue weighted by Gasteiger charge is -2.38. The molecule has 1 aliphatic heterocycles. The number of nitrogens with one attached hydrogen (secondary N) is 2. The van der Waals surface area contributed by atoms with Crippen molar-refractivity contribution in [2.45, 2.75) is 6.92 Å². The highest BCUT2D eigenvalue weighted by Crippen LogP contribution is 2.25. The first-order valence-electron chi connectivity index (χ1n) is 5.95. The Kier molecular flexibility index (Phi) is 2.56. The molecule has 0 unspecified atom stereocenters. The molecule has 0 aliphatic carbocycles. The number of imidazole rings is 1. The Labute approximate surface area is 105 Å². The van der Waals surface area contributed by atoms with E-state index >= 15 is 0 Å². The van der Waals surface area contributed by atoms with Crippen LogP contribution in [-0.4, -0.2) is 35.6 Å². The third kappa shape index (κ3) is 1.97. The Morgan fingerprint density at radius 3 is 3.11 bits per heavy atom. The maximum absolute atomic E-state index is 12.0. The number of H-pyrrole nitrogens is 1. The molecule has 1 fully saturated rings. The maximum atomic E-state index is 12.0. The number of carbonyl (C=O) groups excluding carboxylic acids is 1. The van der Waals surface area contributed by atoms with Gasteiger partial charge < -0.3 is 15.0 Å². The molecule has 5 nitrogen and oxygen atoms in total. The molecule has 1 aliphatic rings. The summed E-state index contributed by atoms with van der Waals surface area (Å²) in [4.78, 5) is 19.1. The second-order valence-electron chi connectivity index (χ2n) is 5.12. The van der Waals surface area contributed by atoms with E-state index in [1.807, 2.05) is 12.1 Å². The molecule has 3 rings (SSSR count). The molecule has 0 saturated carbocycles. The van der Waals surface area contributed by atoms with Crippen LogP contribution in [0.4, 0.5) is 0 Å². The van der Waals surface area contributed by atoms with Gasteiger partial charge >= 0.3 is 0 Å². The number of benzene rings is 1. The van der Waals surface area contributed by atoms with E-state index in [0.29, 0.717) is 25.3 Å². The summed E-state index contributed by atoms with van der Waals surface area (Å²) < 4.78 is 5.16. The third-order valence-corrected chi connectivity index (χ3v) is 3.26. The fraction of sp³-hybridized carbons (Fsp3) is 0.385. The number of aromatic nitrogens is 2. The zero-order valence-corrected chi connectivity index (χ0v) is 10.2. The topological polar surface area (TPSA) is 67.0 Å². The first-order valence-corrected chi connectivity index (χ1v) is 5.95. The fourth-order valence-corrected chi connectivity index (χ4v) is 2.03. The van der Waals surface area contributed by atoms with E-state index < -0.39 is 0 Å². The van der Waals surface area contributed by atoms with Crippen molar-refractivity contribution in [3.05, 3.63) is 30.1 Å². The zero-order valence-electron chi connectivity index (χ0n) is 10.2. The Balaban J connectivity index is 1.71. The van der Waals surface area contributed by atoms with Gasteiger partial charge in [0, 0.05) is 17.5 Å². The van der Waals surface area contributed by atoms with Gasteiger partial charge in [0.15, 0.2) is 0 Å². The van der Waals surface area contributed by atoms with Crippen LogP contribution < -0.4 is 5.32 Å². The molecule has 2 N–H and O–H groups in total. The van der Waals surface area contributed by atoms with Gasteiger partial charge in [-0.1, -0.05) is 6.92 Å². The molecule has 1 amide bonds. The Bertz CT molecular complexity index is 587. The van der Waals surface area contributed by atoms with Crippen molar-refractivity contribution < 1.29 is 9.53 Å². The summed E-state index contributed by atoms with van der Waals surface area (Å²) in [6, 6.07) is 5.45. The molecular formula is C13H15N3O2. The number of fused-ring (bicyclic) bond motifs is 1. The summed E-state index contributed by atoms with van der Waals surface area (Å²) in [6.07, 6.45) is 1.62. The molecule has 5 heteroatoms. The Morgan fingerprint density at radius 2 is 2.39 bits per heavy atom. The minimum atomic E-state index is -0.0559. The first-order chi connectivity index (χ1) is 8.66. The van der Waals surface area contributed by atoms with Gasteiger partial charge in [-0.05, 0) is 18.2 Å². The van der Waals surface area contributed by atoms with Gasteiger partial charge in [-0.3, -0.25) is 4.79 Å². The molecule has 2 aromatic rings. The second kappa shape index (κ2) is 4.10. The molecule has 18 heavy (non-hydrogen) atoms. The van der Waals surface area contributed by atoms with Gasteiger partial charge in [0.05, 0.1) is 30.6 Å². The minimum Gasteiger partial charge on any atom is -0.380 e. The van der Waals surface area contributed by atoms with E-state index in [2.05, 4.69) is 22.2 Å². The second-order valence-corrected chi connectivity index (χ2v) is 5.12. The molecule has 0 radical (unpaired) electrons. The molecule has 2 heterocycles. The Morgan fingerprint density at radius 1 is 1.56 bits per heavy atom. The van der Waals surface area contributed by atoms with Crippen LogP contribution in [0.5, 0.6) is 0 Å². The van der Waals surface area contributed by atoms with Crippen LogP contribution in [0.3, 0.4) is 0 Å².